The Morgan fingerprint density at radius 3 is 0.857 bits per heavy atom. The van der Waals surface area contributed by atoms with E-state index >= 15 is 0 Å². The van der Waals surface area contributed by atoms with Gasteiger partial charge in [-0.05, 0) is 0 Å². The Bertz CT molecular complexity index is 42.6. The third-order valence-corrected chi connectivity index (χ3v) is 1.87. The van der Waals surface area contributed by atoms with E-state index in [0.29, 0.717) is 0 Å². The van der Waals surface area contributed by atoms with E-state index in [9.17, 15) is 0 Å². The fraction of sp³-hybridized carbons (Fsp3) is 1.00. The fourth-order valence-electron chi connectivity index (χ4n) is 0.0589. The summed E-state index contributed by atoms with van der Waals surface area (Å²) < 4.78 is 0. The Kier molecular flexibility index (Phi) is 64.4. The Labute approximate surface area is 120 Å². The Balaban J connectivity index is -0.0000000522. The molecule has 0 saturated carbocycles. The molecule has 0 aromatic heterocycles. The van der Waals surface area contributed by atoms with Crippen molar-refractivity contribution >= 4 is 49.2 Å². The largest absolute Gasteiger partial charge is 2.00 e. The maximum absolute atomic E-state index is 4.58. The minimum atomic E-state index is 0. The monoisotopic (exact) mass is 342 g/mol. The summed E-state index contributed by atoms with van der Waals surface area (Å²) in [5.41, 5.74) is 0. The first kappa shape index (κ1) is 24.6. The second-order valence-corrected chi connectivity index (χ2v) is 3.58. The van der Waals surface area contributed by atoms with Crippen LogP contribution in [0.4, 0.5) is 0 Å². The van der Waals surface area contributed by atoms with Crippen LogP contribution in [0, 0.1) is 0 Å². The summed E-state index contributed by atoms with van der Waals surface area (Å²) >= 11 is 9.17. The molecule has 0 fully saturated rings. The molecule has 3 heteroatoms. The minimum Gasteiger partial charge on any atom is -0.793 e. The molecule has 0 spiro atoms. The van der Waals surface area contributed by atoms with Crippen molar-refractivity contribution in [1.82, 2.24) is 0 Å². The maximum atomic E-state index is 4.58. The van der Waals surface area contributed by atoms with Crippen molar-refractivity contribution in [3.63, 3.8) is 0 Å². The van der Waals surface area contributed by atoms with Crippen LogP contribution < -0.4 is 0 Å². The van der Waals surface area contributed by atoms with E-state index in [1.54, 1.807) is 0 Å². The second-order valence-electron chi connectivity index (χ2n) is 2.76. The van der Waals surface area contributed by atoms with E-state index in [1.165, 1.54) is 25.7 Å². The van der Waals surface area contributed by atoms with E-state index < -0.39 is 0 Å². The summed E-state index contributed by atoms with van der Waals surface area (Å²) in [6, 6.07) is 0. The summed E-state index contributed by atoms with van der Waals surface area (Å²) in [4.78, 5) is 0. The molecule has 0 aromatic carbocycles. The molecule has 0 aliphatic rings. The van der Waals surface area contributed by atoms with Crippen LogP contribution in [0.25, 0.3) is 0 Å². The molecular formula is C11H26S2Sn. The summed E-state index contributed by atoms with van der Waals surface area (Å²) in [7, 11) is 0. The zero-order chi connectivity index (χ0) is 10.9. The zero-order valence-electron chi connectivity index (χ0n) is 10.3. The molecule has 0 rings (SSSR count). The molecule has 0 atom stereocenters. The number of rotatable bonds is 4. The summed E-state index contributed by atoms with van der Waals surface area (Å²) in [6.07, 6.45) is 6.30. The van der Waals surface area contributed by atoms with Crippen molar-refractivity contribution in [3.05, 3.63) is 0 Å². The van der Waals surface area contributed by atoms with E-state index in [2.05, 4.69) is 53.0 Å². The van der Waals surface area contributed by atoms with Gasteiger partial charge in [0, 0.05) is 0 Å². The molecule has 0 aliphatic heterocycles. The molecule has 0 saturated heterocycles. The number of hydrogen-bond donors (Lipinski definition) is 0. The van der Waals surface area contributed by atoms with Gasteiger partial charge in [0.1, 0.15) is 0 Å². The molecule has 0 unspecified atom stereocenters. The van der Waals surface area contributed by atoms with E-state index in [1.807, 2.05) is 0 Å². The minimum absolute atomic E-state index is 0. The predicted molar refractivity (Wildman–Crippen MR) is 76.0 cm³/mol. The molecule has 86 valence electrons. The standard InChI is InChI=1S/2C4H10.C3H8S2.Sn/c2*1-3-4-2;4-2-1-3-5;/h2*3-4H2,1-2H3;4-5H,1-3H2;/q;;;+2/p-2. The van der Waals surface area contributed by atoms with Crippen molar-refractivity contribution in [1.29, 1.82) is 0 Å². The van der Waals surface area contributed by atoms with Crippen molar-refractivity contribution in [2.24, 2.45) is 0 Å². The normalized spacial score (nSPS) is 7.29. The zero-order valence-corrected chi connectivity index (χ0v) is 14.8. The van der Waals surface area contributed by atoms with E-state index in [-0.39, 0.29) is 23.9 Å². The van der Waals surface area contributed by atoms with Crippen molar-refractivity contribution < 1.29 is 0 Å². The van der Waals surface area contributed by atoms with Crippen molar-refractivity contribution in [3.8, 4) is 0 Å². The van der Waals surface area contributed by atoms with Crippen molar-refractivity contribution in [2.45, 2.75) is 59.8 Å². The molecule has 0 aliphatic carbocycles. The maximum Gasteiger partial charge on any atom is 2.00 e. The van der Waals surface area contributed by atoms with Crippen LogP contribution >= 0.6 is 0 Å². The van der Waals surface area contributed by atoms with E-state index in [0.717, 1.165) is 17.9 Å². The third kappa shape index (κ3) is 69.7. The van der Waals surface area contributed by atoms with Crippen LogP contribution in [0.1, 0.15) is 59.8 Å². The SMILES string of the molecule is CCCC.CCCC.[S-]CCC[S-].[Sn+2]. The molecule has 0 aromatic rings. The van der Waals surface area contributed by atoms with Gasteiger partial charge in [-0.15, -0.1) is 0 Å². The fourth-order valence-corrected chi connectivity index (χ4v) is 0.530. The van der Waals surface area contributed by atoms with Crippen LogP contribution in [0.3, 0.4) is 0 Å². The van der Waals surface area contributed by atoms with Gasteiger partial charge in [0.15, 0.2) is 0 Å². The van der Waals surface area contributed by atoms with Crippen LogP contribution in [0.15, 0.2) is 0 Å². The molecule has 2 radical (unpaired) electrons. The number of hydrogen-bond acceptors (Lipinski definition) is 2. The van der Waals surface area contributed by atoms with Crippen LogP contribution in [0.5, 0.6) is 0 Å². The molecule has 0 N–H and O–H groups in total. The average molecular weight is 341 g/mol. The predicted octanol–water partition coefficient (Wildman–Crippen LogP) is 3.70. The topological polar surface area (TPSA) is 0 Å². The Morgan fingerprint density at radius 1 is 0.643 bits per heavy atom. The summed E-state index contributed by atoms with van der Waals surface area (Å²) in [5, 5.41) is 0. The van der Waals surface area contributed by atoms with Gasteiger partial charge in [-0.25, -0.2) is 0 Å². The van der Waals surface area contributed by atoms with Gasteiger partial charge in [-0.2, -0.15) is 11.5 Å². The molecule has 0 bridgehead atoms. The van der Waals surface area contributed by atoms with Gasteiger partial charge in [-0.3, -0.25) is 0 Å². The molecular weight excluding hydrogens is 315 g/mol. The first-order chi connectivity index (χ1) is 6.24. The Hall–Kier alpha value is 1.50. The Morgan fingerprint density at radius 2 is 0.857 bits per heavy atom. The molecule has 0 nitrogen and oxygen atoms in total. The molecule has 14 heavy (non-hydrogen) atoms. The summed E-state index contributed by atoms with van der Waals surface area (Å²) in [6.45, 7) is 8.72. The molecule has 0 heterocycles. The van der Waals surface area contributed by atoms with Gasteiger partial charge in [0.25, 0.3) is 0 Å². The summed E-state index contributed by atoms with van der Waals surface area (Å²) in [5.74, 6) is 1.65. The quantitative estimate of drug-likeness (QED) is 0.565. The van der Waals surface area contributed by atoms with Crippen LogP contribution in [-0.2, 0) is 25.3 Å². The first-order valence-electron chi connectivity index (χ1n) is 5.41. The second kappa shape index (κ2) is 36.6. The first-order valence-corrected chi connectivity index (χ1v) is 6.56. The van der Waals surface area contributed by atoms with Gasteiger partial charge in [0.05, 0.1) is 0 Å². The van der Waals surface area contributed by atoms with Gasteiger partial charge in [0.2, 0.25) is 0 Å². The van der Waals surface area contributed by atoms with Gasteiger partial charge < -0.3 is 25.3 Å². The van der Waals surface area contributed by atoms with Crippen molar-refractivity contribution in [2.75, 3.05) is 11.5 Å². The number of unbranched alkanes of at least 4 members (excludes halogenated alkanes) is 2. The van der Waals surface area contributed by atoms with Crippen LogP contribution in [-0.4, -0.2) is 35.4 Å². The van der Waals surface area contributed by atoms with Gasteiger partial charge in [-0.1, -0.05) is 59.8 Å². The molecule has 0 amide bonds. The third-order valence-electron chi connectivity index (χ3n) is 1.29. The van der Waals surface area contributed by atoms with E-state index in [4.69, 9.17) is 0 Å². The smallest absolute Gasteiger partial charge is 0.793 e. The average Bonchev–Trinajstić information content (AvgIpc) is 2.20. The van der Waals surface area contributed by atoms with Crippen LogP contribution in [0.2, 0.25) is 0 Å². The van der Waals surface area contributed by atoms with Gasteiger partial charge >= 0.3 is 23.9 Å².